The number of alkyl carbamates (subject to hydrolysis) is 1. The maximum absolute atomic E-state index is 13.6. The Bertz CT molecular complexity index is 1460. The summed E-state index contributed by atoms with van der Waals surface area (Å²) in [6.45, 7) is 4.25. The number of carbonyl (C=O) groups is 6. The van der Waals surface area contributed by atoms with Crippen molar-refractivity contribution < 1.29 is 43.3 Å². The van der Waals surface area contributed by atoms with Crippen LogP contribution in [0.2, 0.25) is 0 Å². The molecule has 2 rings (SSSR count). The van der Waals surface area contributed by atoms with Crippen molar-refractivity contribution in [2.24, 2.45) is 5.11 Å². The van der Waals surface area contributed by atoms with Crippen molar-refractivity contribution in [1.82, 2.24) is 21.3 Å². The molecule has 0 aliphatic rings. The number of nitrogens with one attached hydrogen (secondary N) is 4. The van der Waals surface area contributed by atoms with Crippen LogP contribution in [-0.4, -0.2) is 84.8 Å². The number of amides is 4. The lowest BCUT2D eigenvalue weighted by atomic mass is 9.97. The molecule has 248 valence electrons. The highest BCUT2D eigenvalue weighted by Gasteiger charge is 2.30. The molecule has 5 N–H and O–H groups in total. The molecule has 0 fully saturated rings. The van der Waals surface area contributed by atoms with Crippen LogP contribution in [0.1, 0.15) is 45.6 Å². The second-order valence-corrected chi connectivity index (χ2v) is 11.1. The van der Waals surface area contributed by atoms with Gasteiger partial charge in [0, 0.05) is 24.3 Å². The summed E-state index contributed by atoms with van der Waals surface area (Å²) in [4.78, 5) is 77.7. The molecule has 0 saturated carbocycles. The third-order valence-electron chi connectivity index (χ3n) is 6.45. The Hall–Kier alpha value is -5.37. The normalized spacial score (nSPS) is 12.8. The van der Waals surface area contributed by atoms with Crippen LogP contribution in [0.15, 0.2) is 47.6 Å². The van der Waals surface area contributed by atoms with E-state index in [9.17, 15) is 33.9 Å². The number of carboxylic acids is 1. The monoisotopic (exact) mass is 641 g/mol. The first kappa shape index (κ1) is 36.8. The van der Waals surface area contributed by atoms with Crippen molar-refractivity contribution in [1.29, 1.82) is 0 Å². The van der Waals surface area contributed by atoms with Crippen LogP contribution >= 0.6 is 0 Å². The molecule has 46 heavy (non-hydrogen) atoms. The summed E-state index contributed by atoms with van der Waals surface area (Å²) in [6.07, 6.45) is -1.51. The van der Waals surface area contributed by atoms with Crippen LogP contribution in [0.25, 0.3) is 21.2 Å². The number of hydrogen-bond acceptors (Lipinski definition) is 9. The van der Waals surface area contributed by atoms with E-state index in [4.69, 9.17) is 10.3 Å². The van der Waals surface area contributed by atoms with E-state index in [1.807, 2.05) is 24.3 Å². The average molecular weight is 642 g/mol. The van der Waals surface area contributed by atoms with Crippen molar-refractivity contribution >= 4 is 46.5 Å². The van der Waals surface area contributed by atoms with Gasteiger partial charge in [-0.25, -0.2) is 9.59 Å². The number of aliphatic carboxylic acids is 1. The minimum Gasteiger partial charge on any atom is -0.480 e. The predicted molar refractivity (Wildman–Crippen MR) is 165 cm³/mol. The highest BCUT2D eigenvalue weighted by Crippen LogP contribution is 2.20. The number of fused-ring (bicyclic) bond motifs is 1. The van der Waals surface area contributed by atoms with Gasteiger partial charge in [0.25, 0.3) is 0 Å². The summed E-state index contributed by atoms with van der Waals surface area (Å²) >= 11 is 0. The molecule has 0 spiro atoms. The average Bonchev–Trinajstić information content (AvgIpc) is 2.99. The van der Waals surface area contributed by atoms with Crippen molar-refractivity contribution in [3.8, 4) is 0 Å². The Morgan fingerprint density at radius 3 is 2.22 bits per heavy atom. The smallest absolute Gasteiger partial charge is 0.407 e. The van der Waals surface area contributed by atoms with E-state index in [1.165, 1.54) is 0 Å². The topological polar surface area (TPSA) is 238 Å². The lowest BCUT2D eigenvalue weighted by Gasteiger charge is -2.25. The molecule has 2 aromatic carbocycles. The number of benzene rings is 2. The second kappa shape index (κ2) is 17.8. The summed E-state index contributed by atoms with van der Waals surface area (Å²) in [5.74, 6) is -4.54. The molecule has 16 nitrogen and oxygen atoms in total. The van der Waals surface area contributed by atoms with Gasteiger partial charge >= 0.3 is 18.0 Å². The summed E-state index contributed by atoms with van der Waals surface area (Å²) < 4.78 is 9.77. The Morgan fingerprint density at radius 1 is 0.913 bits per heavy atom. The Balaban J connectivity index is 2.33. The van der Waals surface area contributed by atoms with Gasteiger partial charge in [-0.15, -0.1) is 0 Å². The number of azide groups is 1. The molecular formula is C30H39N7O9. The fourth-order valence-electron chi connectivity index (χ4n) is 4.30. The number of hydrogen-bond donors (Lipinski definition) is 5. The van der Waals surface area contributed by atoms with Crippen molar-refractivity contribution in [2.45, 2.75) is 70.2 Å². The summed E-state index contributed by atoms with van der Waals surface area (Å²) in [6, 6.07) is 8.61. The van der Waals surface area contributed by atoms with E-state index < -0.39 is 66.0 Å². The minimum atomic E-state index is -1.45. The van der Waals surface area contributed by atoms with E-state index in [-0.39, 0.29) is 32.2 Å². The molecule has 0 aliphatic heterocycles. The highest BCUT2D eigenvalue weighted by atomic mass is 16.6. The van der Waals surface area contributed by atoms with Crippen LogP contribution in [0.4, 0.5) is 4.79 Å². The van der Waals surface area contributed by atoms with Crippen LogP contribution in [0.3, 0.4) is 0 Å². The highest BCUT2D eigenvalue weighted by molar-refractivity contribution is 5.95. The van der Waals surface area contributed by atoms with E-state index in [0.717, 1.165) is 17.9 Å². The predicted octanol–water partition coefficient (Wildman–Crippen LogP) is 2.10. The fraction of sp³-hybridized carbons (Fsp3) is 0.467. The van der Waals surface area contributed by atoms with Crippen LogP contribution in [-0.2, 0) is 39.9 Å². The fourth-order valence-corrected chi connectivity index (χ4v) is 4.30. The van der Waals surface area contributed by atoms with Crippen LogP contribution in [0, 0.1) is 0 Å². The molecule has 3 atom stereocenters. The van der Waals surface area contributed by atoms with Gasteiger partial charge < -0.3 is 35.8 Å². The number of carboxylic acid groups (broad SMARTS) is 1. The summed E-state index contributed by atoms with van der Waals surface area (Å²) in [7, 11) is 1.16. The standard InChI is InChI=1S/C30H39N7O9/c1-30(2,3)46-29(44)32-15-14-22(28(42)43)35-27(41)23(16-19-10-7-9-18-8-5-6-11-20(18)19)36-26(40)21(12-13-25(39)45-4)34-24(38)17-33-37-31/h5-11,21-23H,12-17H2,1-4H3,(H,32,44)(H,34,38)(H,35,41)(H,36,40)(H,42,43)/t21-,22-,23-/m0/s1. The molecular weight excluding hydrogens is 602 g/mol. The van der Waals surface area contributed by atoms with E-state index >= 15 is 0 Å². The lowest BCUT2D eigenvalue weighted by Crippen LogP contribution is -2.57. The van der Waals surface area contributed by atoms with E-state index in [2.05, 4.69) is 36.0 Å². The molecule has 0 radical (unpaired) electrons. The summed E-state index contributed by atoms with van der Waals surface area (Å²) in [5.41, 5.74) is 8.42. The van der Waals surface area contributed by atoms with E-state index in [0.29, 0.717) is 5.56 Å². The molecule has 16 heteroatoms. The largest absolute Gasteiger partial charge is 0.480 e. The molecule has 2 aromatic rings. The first-order valence-corrected chi connectivity index (χ1v) is 14.4. The van der Waals surface area contributed by atoms with Crippen molar-refractivity contribution in [2.75, 3.05) is 20.2 Å². The van der Waals surface area contributed by atoms with Crippen molar-refractivity contribution in [3.05, 3.63) is 58.5 Å². The van der Waals surface area contributed by atoms with Gasteiger partial charge in [-0.2, -0.15) is 0 Å². The van der Waals surface area contributed by atoms with E-state index in [1.54, 1.807) is 39.0 Å². The zero-order valence-corrected chi connectivity index (χ0v) is 26.1. The molecule has 4 amide bonds. The third-order valence-corrected chi connectivity index (χ3v) is 6.45. The minimum absolute atomic E-state index is 0.0716. The van der Waals surface area contributed by atoms with Crippen LogP contribution < -0.4 is 21.3 Å². The van der Waals surface area contributed by atoms with Gasteiger partial charge in [0.2, 0.25) is 17.7 Å². The molecule has 0 unspecified atom stereocenters. The maximum atomic E-state index is 13.6. The zero-order chi connectivity index (χ0) is 34.3. The maximum Gasteiger partial charge on any atom is 0.407 e. The molecule has 0 aromatic heterocycles. The lowest BCUT2D eigenvalue weighted by molar-refractivity contribution is -0.142. The summed E-state index contributed by atoms with van der Waals surface area (Å²) in [5, 5.41) is 24.4. The Kier molecular flexibility index (Phi) is 14.3. The van der Waals surface area contributed by atoms with Gasteiger partial charge in [-0.1, -0.05) is 47.6 Å². The Labute approximate surface area is 265 Å². The molecule has 0 heterocycles. The van der Waals surface area contributed by atoms with Crippen molar-refractivity contribution in [3.63, 3.8) is 0 Å². The van der Waals surface area contributed by atoms with Crippen LogP contribution in [0.5, 0.6) is 0 Å². The SMILES string of the molecule is COC(=O)CC[C@H](NC(=O)CN=[N+]=[N-])C(=O)N[C@@H](Cc1cccc2ccccc12)C(=O)N[C@@H](CCNC(=O)OC(C)(C)C)C(=O)O. The second-order valence-electron chi connectivity index (χ2n) is 11.1. The number of rotatable bonds is 16. The van der Waals surface area contributed by atoms with Gasteiger partial charge in [-0.3, -0.25) is 19.2 Å². The third kappa shape index (κ3) is 12.7. The number of carbonyl (C=O) groups excluding carboxylic acids is 5. The molecule has 0 bridgehead atoms. The molecule has 0 aliphatic carbocycles. The first-order valence-electron chi connectivity index (χ1n) is 14.4. The zero-order valence-electron chi connectivity index (χ0n) is 26.1. The number of ether oxygens (including phenoxy) is 2. The van der Waals surface area contributed by atoms with Gasteiger partial charge in [0.05, 0.1) is 7.11 Å². The van der Waals surface area contributed by atoms with Gasteiger partial charge in [-0.05, 0) is 55.5 Å². The Morgan fingerprint density at radius 2 is 1.57 bits per heavy atom. The number of nitrogens with zero attached hydrogens (tertiary/aromatic N) is 3. The quantitative estimate of drug-likeness (QED) is 0.0779. The van der Waals surface area contributed by atoms with Gasteiger partial charge in [0.1, 0.15) is 30.3 Å². The van der Waals surface area contributed by atoms with Gasteiger partial charge in [0.15, 0.2) is 0 Å². The molecule has 0 saturated heterocycles. The number of esters is 1. The first-order chi connectivity index (χ1) is 21.7. The number of methoxy groups -OCH3 is 1.